The number of anilines is 1. The van der Waals surface area contributed by atoms with E-state index < -0.39 is 15.4 Å². The van der Waals surface area contributed by atoms with Crippen LogP contribution in [0.3, 0.4) is 0 Å². The Labute approximate surface area is 243 Å². The number of nitrogens with one attached hydrogen (secondary N) is 1. The molecule has 1 N–H and O–H groups in total. The number of nitrogens with zero attached hydrogens (tertiary/aromatic N) is 3. The van der Waals surface area contributed by atoms with Gasteiger partial charge >= 0.3 is 0 Å². The summed E-state index contributed by atoms with van der Waals surface area (Å²) in [7, 11) is -3.81. The van der Waals surface area contributed by atoms with Gasteiger partial charge in [-0.25, -0.2) is 23.1 Å². The first-order valence-electron chi connectivity index (χ1n) is 12.2. The average molecular weight is 598 g/mol. The van der Waals surface area contributed by atoms with Gasteiger partial charge in [0.1, 0.15) is 25.0 Å². The molecular weight excluding hydrogens is 571 g/mol. The lowest BCUT2D eigenvalue weighted by Gasteiger charge is -2.27. The van der Waals surface area contributed by atoms with Gasteiger partial charge in [0.05, 0.1) is 27.1 Å². The predicted octanol–water partition coefficient (Wildman–Crippen LogP) is 6.32. The maximum Gasteiger partial charge on any atom is 0.264 e. The van der Waals surface area contributed by atoms with Gasteiger partial charge in [-0.1, -0.05) is 55.8 Å². The molecule has 0 saturated carbocycles. The van der Waals surface area contributed by atoms with Crippen molar-refractivity contribution >= 4 is 39.2 Å². The number of hydrogen-bond acceptors (Lipinski definition) is 7. The summed E-state index contributed by atoms with van der Waals surface area (Å²) < 4.78 is 39.0. The molecular formula is C29H26Cl2N4O4S. The SMILES string of the molecule is CC(C)(c1ccc(OCc2ccnc(NS(=O)(=O)c3ccccc3)n2)cc1)c1cc(Cl)c(OCCCl)c(C#N)c1. The highest BCUT2D eigenvalue weighted by atomic mass is 35.5. The summed E-state index contributed by atoms with van der Waals surface area (Å²) >= 11 is 12.2. The molecule has 0 unspecified atom stereocenters. The van der Waals surface area contributed by atoms with E-state index in [4.69, 9.17) is 32.7 Å². The molecule has 0 atom stereocenters. The van der Waals surface area contributed by atoms with Crippen LogP contribution in [0.5, 0.6) is 11.5 Å². The zero-order valence-corrected chi connectivity index (χ0v) is 24.1. The molecule has 3 aromatic carbocycles. The number of halogens is 2. The second-order valence-corrected chi connectivity index (χ2v) is 11.7. The Kier molecular flexibility index (Phi) is 9.15. The monoisotopic (exact) mass is 596 g/mol. The molecule has 1 aromatic heterocycles. The summed E-state index contributed by atoms with van der Waals surface area (Å²) in [5.41, 5.74) is 2.20. The number of sulfonamides is 1. The molecule has 0 aliphatic heterocycles. The predicted molar refractivity (Wildman–Crippen MR) is 155 cm³/mol. The van der Waals surface area contributed by atoms with Crippen LogP contribution >= 0.6 is 23.2 Å². The molecule has 4 rings (SSSR count). The van der Waals surface area contributed by atoms with Crippen LogP contribution in [0.25, 0.3) is 0 Å². The Hall–Kier alpha value is -3.84. The zero-order valence-electron chi connectivity index (χ0n) is 21.8. The minimum atomic E-state index is -3.81. The first-order valence-corrected chi connectivity index (χ1v) is 14.6. The van der Waals surface area contributed by atoms with Crippen LogP contribution in [0.2, 0.25) is 5.02 Å². The molecule has 8 nitrogen and oxygen atoms in total. The molecule has 4 aromatic rings. The fourth-order valence-corrected chi connectivity index (χ4v) is 5.24. The van der Waals surface area contributed by atoms with Gasteiger partial charge in [0, 0.05) is 11.6 Å². The van der Waals surface area contributed by atoms with E-state index in [1.165, 1.54) is 18.3 Å². The van der Waals surface area contributed by atoms with Crippen molar-refractivity contribution in [1.29, 1.82) is 5.26 Å². The molecule has 0 fully saturated rings. The summed E-state index contributed by atoms with van der Waals surface area (Å²) in [5, 5.41) is 9.99. The highest BCUT2D eigenvalue weighted by molar-refractivity contribution is 7.92. The Balaban J connectivity index is 1.45. The number of benzene rings is 3. The van der Waals surface area contributed by atoms with E-state index in [1.54, 1.807) is 36.4 Å². The fourth-order valence-electron chi connectivity index (χ4n) is 3.92. The maximum atomic E-state index is 12.6. The standard InChI is InChI=1S/C29H26Cl2N4O4S/c1-29(2,22-16-20(18-32)27(26(31)17-22)38-15-13-30)21-8-10-24(11-9-21)39-19-23-12-14-33-28(34-23)35-40(36,37)25-6-4-3-5-7-25/h3-12,14,16-17H,13,15,19H2,1-2H3,(H,33,34,35). The molecule has 1 heterocycles. The molecule has 0 bridgehead atoms. The van der Waals surface area contributed by atoms with Gasteiger partial charge < -0.3 is 9.47 Å². The van der Waals surface area contributed by atoms with Crippen molar-refractivity contribution in [3.63, 3.8) is 0 Å². The molecule has 0 spiro atoms. The number of ether oxygens (including phenoxy) is 2. The Morgan fingerprint density at radius 1 is 1.00 bits per heavy atom. The average Bonchev–Trinajstić information content (AvgIpc) is 2.95. The topological polar surface area (TPSA) is 114 Å². The van der Waals surface area contributed by atoms with Gasteiger partial charge in [-0.2, -0.15) is 5.26 Å². The van der Waals surface area contributed by atoms with Gasteiger partial charge in [-0.05, 0) is 53.6 Å². The lowest BCUT2D eigenvalue weighted by Crippen LogP contribution is -2.19. The molecule has 0 aliphatic carbocycles. The molecule has 206 valence electrons. The van der Waals surface area contributed by atoms with Crippen LogP contribution in [0, 0.1) is 11.3 Å². The van der Waals surface area contributed by atoms with Gasteiger partial charge in [0.25, 0.3) is 10.0 Å². The highest BCUT2D eigenvalue weighted by Gasteiger charge is 2.26. The lowest BCUT2D eigenvalue weighted by molar-refractivity contribution is 0.301. The fraction of sp³-hybridized carbons (Fsp3) is 0.207. The van der Waals surface area contributed by atoms with Crippen LogP contribution in [0.4, 0.5) is 5.95 Å². The minimum Gasteiger partial charge on any atom is -0.489 e. The van der Waals surface area contributed by atoms with E-state index in [2.05, 4.69) is 20.8 Å². The van der Waals surface area contributed by atoms with E-state index in [-0.39, 0.29) is 29.9 Å². The van der Waals surface area contributed by atoms with Crippen molar-refractivity contribution in [2.75, 3.05) is 17.2 Å². The van der Waals surface area contributed by atoms with Crippen molar-refractivity contribution in [3.8, 4) is 17.6 Å². The van der Waals surface area contributed by atoms with Crippen LogP contribution in [0.15, 0.2) is 83.9 Å². The molecule has 0 amide bonds. The van der Waals surface area contributed by atoms with E-state index in [9.17, 15) is 13.7 Å². The first-order chi connectivity index (χ1) is 19.1. The van der Waals surface area contributed by atoms with Gasteiger partial charge in [-0.15, -0.1) is 11.6 Å². The van der Waals surface area contributed by atoms with Crippen LogP contribution in [-0.2, 0) is 22.0 Å². The van der Waals surface area contributed by atoms with Gasteiger partial charge in [-0.3, -0.25) is 0 Å². The normalized spacial score (nSPS) is 11.5. The van der Waals surface area contributed by atoms with Crippen LogP contribution in [0.1, 0.15) is 36.2 Å². The van der Waals surface area contributed by atoms with Crippen molar-refractivity contribution in [3.05, 3.63) is 106 Å². The Morgan fingerprint density at radius 2 is 1.73 bits per heavy atom. The number of hydrogen-bond donors (Lipinski definition) is 1. The maximum absolute atomic E-state index is 12.6. The van der Waals surface area contributed by atoms with Gasteiger partial charge in [0.2, 0.25) is 5.95 Å². The third-order valence-corrected chi connectivity index (χ3v) is 7.94. The summed E-state index contributed by atoms with van der Waals surface area (Å²) in [5.74, 6) is 1.17. The smallest absolute Gasteiger partial charge is 0.264 e. The van der Waals surface area contributed by atoms with Gasteiger partial charge in [0.15, 0.2) is 5.75 Å². The van der Waals surface area contributed by atoms with E-state index in [0.29, 0.717) is 27.8 Å². The molecule has 0 radical (unpaired) electrons. The van der Waals surface area contributed by atoms with E-state index in [1.807, 2.05) is 38.1 Å². The van der Waals surface area contributed by atoms with E-state index >= 15 is 0 Å². The van der Waals surface area contributed by atoms with E-state index in [0.717, 1.165) is 11.1 Å². The largest absolute Gasteiger partial charge is 0.489 e. The minimum absolute atomic E-state index is 0.0449. The molecule has 0 saturated heterocycles. The van der Waals surface area contributed by atoms with Crippen LogP contribution in [-0.4, -0.2) is 30.9 Å². The number of nitriles is 1. The van der Waals surface area contributed by atoms with Crippen molar-refractivity contribution in [1.82, 2.24) is 9.97 Å². The quantitative estimate of drug-likeness (QED) is 0.201. The third-order valence-electron chi connectivity index (χ3n) is 6.16. The Morgan fingerprint density at radius 3 is 2.40 bits per heavy atom. The third kappa shape index (κ3) is 6.83. The lowest BCUT2D eigenvalue weighted by atomic mass is 9.77. The molecule has 40 heavy (non-hydrogen) atoms. The molecule has 11 heteroatoms. The summed E-state index contributed by atoms with van der Waals surface area (Å²) in [6.45, 7) is 4.43. The second kappa shape index (κ2) is 12.6. The molecule has 0 aliphatic rings. The summed E-state index contributed by atoms with van der Waals surface area (Å²) in [6.07, 6.45) is 1.47. The Bertz CT molecular complexity index is 1620. The van der Waals surface area contributed by atoms with Crippen LogP contribution < -0.4 is 14.2 Å². The van der Waals surface area contributed by atoms with Crippen molar-refractivity contribution in [2.45, 2.75) is 30.8 Å². The summed E-state index contributed by atoms with van der Waals surface area (Å²) in [4.78, 5) is 8.39. The number of aromatic nitrogens is 2. The van der Waals surface area contributed by atoms with Crippen molar-refractivity contribution in [2.24, 2.45) is 0 Å². The van der Waals surface area contributed by atoms with Crippen molar-refractivity contribution < 1.29 is 17.9 Å². The highest BCUT2D eigenvalue weighted by Crippen LogP contribution is 2.38. The second-order valence-electron chi connectivity index (χ2n) is 9.21. The first kappa shape index (κ1) is 29.2. The number of rotatable bonds is 11. The number of alkyl halides is 1. The zero-order chi connectivity index (χ0) is 28.8. The summed E-state index contributed by atoms with van der Waals surface area (Å²) in [6, 6.07) is 22.9.